The predicted molar refractivity (Wildman–Crippen MR) is 227 cm³/mol. The SMILES string of the molecule is c1ccc(-c2cccc3cccc(-c4ccccc4N(c4cccc(-c5cccc6c5ccc5ccccc56)c4)c4cccc5ccccc45)c23)cc1. The first-order valence-corrected chi connectivity index (χ1v) is 18.3. The maximum Gasteiger partial charge on any atom is 0.0540 e. The Bertz CT molecular complexity index is 2950. The van der Waals surface area contributed by atoms with Gasteiger partial charge >= 0.3 is 0 Å². The molecule has 0 aliphatic rings. The quantitative estimate of drug-likeness (QED) is 0.159. The predicted octanol–water partition coefficient (Wildman–Crippen LogP) is 14.8. The van der Waals surface area contributed by atoms with E-state index in [0.717, 1.165) is 17.1 Å². The Morgan fingerprint density at radius 3 is 1.68 bits per heavy atom. The van der Waals surface area contributed by atoms with Gasteiger partial charge in [-0.1, -0.05) is 188 Å². The van der Waals surface area contributed by atoms with Crippen LogP contribution < -0.4 is 4.90 Å². The molecule has 0 heterocycles. The second kappa shape index (κ2) is 13.0. The molecule has 0 atom stereocenters. The third-order valence-corrected chi connectivity index (χ3v) is 10.6. The molecule has 10 aromatic carbocycles. The van der Waals surface area contributed by atoms with Crippen LogP contribution in [0.4, 0.5) is 17.1 Å². The van der Waals surface area contributed by atoms with Gasteiger partial charge in [0, 0.05) is 16.6 Å². The van der Waals surface area contributed by atoms with E-state index in [1.165, 1.54) is 76.5 Å². The van der Waals surface area contributed by atoms with E-state index in [1.807, 2.05) is 0 Å². The van der Waals surface area contributed by atoms with Crippen molar-refractivity contribution in [2.45, 2.75) is 0 Å². The second-order valence-electron chi connectivity index (χ2n) is 13.7. The summed E-state index contributed by atoms with van der Waals surface area (Å²) < 4.78 is 0. The van der Waals surface area contributed by atoms with Crippen LogP contribution in [0.15, 0.2) is 212 Å². The van der Waals surface area contributed by atoms with Gasteiger partial charge in [0.1, 0.15) is 0 Å². The monoisotopic (exact) mass is 673 g/mol. The molecule has 0 spiro atoms. The van der Waals surface area contributed by atoms with E-state index in [-0.39, 0.29) is 0 Å². The Labute approximate surface area is 309 Å². The van der Waals surface area contributed by atoms with Crippen molar-refractivity contribution in [2.75, 3.05) is 4.90 Å². The van der Waals surface area contributed by atoms with Crippen LogP contribution in [0.25, 0.3) is 76.5 Å². The van der Waals surface area contributed by atoms with E-state index in [4.69, 9.17) is 0 Å². The van der Waals surface area contributed by atoms with Crippen molar-refractivity contribution in [1.29, 1.82) is 0 Å². The molecule has 10 aromatic rings. The third-order valence-electron chi connectivity index (χ3n) is 10.6. The van der Waals surface area contributed by atoms with Gasteiger partial charge in [-0.25, -0.2) is 0 Å². The minimum Gasteiger partial charge on any atom is -0.309 e. The first-order valence-electron chi connectivity index (χ1n) is 18.3. The van der Waals surface area contributed by atoms with Crippen molar-refractivity contribution in [1.82, 2.24) is 0 Å². The zero-order valence-corrected chi connectivity index (χ0v) is 29.2. The minimum atomic E-state index is 1.10. The summed E-state index contributed by atoms with van der Waals surface area (Å²) >= 11 is 0. The molecule has 0 unspecified atom stereocenters. The van der Waals surface area contributed by atoms with Crippen molar-refractivity contribution in [3.63, 3.8) is 0 Å². The van der Waals surface area contributed by atoms with Crippen molar-refractivity contribution < 1.29 is 0 Å². The molecule has 0 bridgehead atoms. The fourth-order valence-electron chi connectivity index (χ4n) is 8.24. The number of benzene rings is 10. The molecule has 0 radical (unpaired) electrons. The maximum absolute atomic E-state index is 2.46. The third kappa shape index (κ3) is 5.34. The molecule has 0 aliphatic carbocycles. The molecular formula is C52H35N. The van der Waals surface area contributed by atoms with Gasteiger partial charge in [0.25, 0.3) is 0 Å². The molecule has 248 valence electrons. The van der Waals surface area contributed by atoms with E-state index < -0.39 is 0 Å². The maximum atomic E-state index is 2.46. The Kier molecular flexibility index (Phi) is 7.55. The molecule has 10 rings (SSSR count). The molecule has 0 amide bonds. The largest absolute Gasteiger partial charge is 0.309 e. The summed E-state index contributed by atoms with van der Waals surface area (Å²) in [5.41, 5.74) is 10.6. The zero-order valence-electron chi connectivity index (χ0n) is 29.2. The summed E-state index contributed by atoms with van der Waals surface area (Å²) in [6.07, 6.45) is 0. The van der Waals surface area contributed by atoms with Gasteiger partial charge in [-0.05, 0) is 89.8 Å². The lowest BCUT2D eigenvalue weighted by Gasteiger charge is -2.30. The molecule has 0 aliphatic heterocycles. The fraction of sp³-hybridized carbons (Fsp3) is 0. The Balaban J connectivity index is 1.23. The Hall–Kier alpha value is -6.96. The van der Waals surface area contributed by atoms with Gasteiger partial charge in [-0.15, -0.1) is 0 Å². The van der Waals surface area contributed by atoms with Gasteiger partial charge in [-0.2, -0.15) is 0 Å². The standard InChI is InChI=1S/C52H35N/c1-2-15-37(16-3-1)45-28-11-20-39-21-12-30-49(52(39)45)48-26-8-9-31-51(48)53(50-32-13-19-36-17-5-7-25-44(36)50)41-23-10-22-40(35-41)43-27-14-29-46-42-24-6-4-18-38(42)33-34-47(43)46/h1-35H. The van der Waals surface area contributed by atoms with Crippen LogP contribution >= 0.6 is 0 Å². The van der Waals surface area contributed by atoms with Crippen LogP contribution in [-0.2, 0) is 0 Å². The lowest BCUT2D eigenvalue weighted by atomic mass is 9.90. The van der Waals surface area contributed by atoms with Gasteiger partial charge < -0.3 is 4.90 Å². The van der Waals surface area contributed by atoms with Crippen LogP contribution in [0.2, 0.25) is 0 Å². The molecule has 0 N–H and O–H groups in total. The van der Waals surface area contributed by atoms with E-state index in [9.17, 15) is 0 Å². The summed E-state index contributed by atoms with van der Waals surface area (Å²) in [4.78, 5) is 2.46. The number of hydrogen-bond acceptors (Lipinski definition) is 1. The first kappa shape index (κ1) is 30.8. The lowest BCUT2D eigenvalue weighted by molar-refractivity contribution is 1.30. The molecular weight excluding hydrogens is 639 g/mol. The Morgan fingerprint density at radius 2 is 0.811 bits per heavy atom. The summed E-state index contributed by atoms with van der Waals surface area (Å²) in [5, 5.41) is 9.95. The normalized spacial score (nSPS) is 11.4. The van der Waals surface area contributed by atoms with Crippen LogP contribution in [0.3, 0.4) is 0 Å². The minimum absolute atomic E-state index is 1.10. The van der Waals surface area contributed by atoms with Gasteiger partial charge in [0.2, 0.25) is 0 Å². The highest BCUT2D eigenvalue weighted by Gasteiger charge is 2.21. The van der Waals surface area contributed by atoms with Crippen molar-refractivity contribution in [3.05, 3.63) is 212 Å². The first-order chi connectivity index (χ1) is 26.3. The summed E-state index contributed by atoms with van der Waals surface area (Å²) in [5.74, 6) is 0. The number of hydrogen-bond donors (Lipinski definition) is 0. The highest BCUT2D eigenvalue weighted by atomic mass is 15.1. The van der Waals surface area contributed by atoms with E-state index in [0.29, 0.717) is 0 Å². The average molecular weight is 674 g/mol. The zero-order chi connectivity index (χ0) is 35.1. The Morgan fingerprint density at radius 1 is 0.264 bits per heavy atom. The van der Waals surface area contributed by atoms with Crippen LogP contribution in [-0.4, -0.2) is 0 Å². The van der Waals surface area contributed by atoms with Crippen molar-refractivity contribution in [2.24, 2.45) is 0 Å². The number of nitrogens with zero attached hydrogens (tertiary/aromatic N) is 1. The van der Waals surface area contributed by atoms with Crippen LogP contribution in [0, 0.1) is 0 Å². The van der Waals surface area contributed by atoms with Crippen molar-refractivity contribution >= 4 is 60.2 Å². The van der Waals surface area contributed by atoms with Gasteiger partial charge in [-0.3, -0.25) is 0 Å². The second-order valence-corrected chi connectivity index (χ2v) is 13.7. The summed E-state index contributed by atoms with van der Waals surface area (Å²) in [6, 6.07) is 77.3. The topological polar surface area (TPSA) is 3.24 Å². The molecule has 1 nitrogen and oxygen atoms in total. The molecule has 0 saturated heterocycles. The summed E-state index contributed by atoms with van der Waals surface area (Å²) in [7, 11) is 0. The number of rotatable bonds is 6. The van der Waals surface area contributed by atoms with E-state index >= 15 is 0 Å². The smallest absolute Gasteiger partial charge is 0.0540 e. The molecule has 0 saturated carbocycles. The van der Waals surface area contributed by atoms with Crippen molar-refractivity contribution in [3.8, 4) is 33.4 Å². The van der Waals surface area contributed by atoms with Crippen LogP contribution in [0.5, 0.6) is 0 Å². The number of anilines is 3. The average Bonchev–Trinajstić information content (AvgIpc) is 3.24. The highest BCUT2D eigenvalue weighted by Crippen LogP contribution is 2.47. The number of fused-ring (bicyclic) bond motifs is 5. The highest BCUT2D eigenvalue weighted by molar-refractivity contribution is 6.13. The van der Waals surface area contributed by atoms with Gasteiger partial charge in [0.05, 0.1) is 11.4 Å². The fourth-order valence-corrected chi connectivity index (χ4v) is 8.24. The van der Waals surface area contributed by atoms with E-state index in [2.05, 4.69) is 217 Å². The van der Waals surface area contributed by atoms with Crippen LogP contribution in [0.1, 0.15) is 0 Å². The molecule has 0 aromatic heterocycles. The van der Waals surface area contributed by atoms with E-state index in [1.54, 1.807) is 0 Å². The molecule has 53 heavy (non-hydrogen) atoms. The molecule has 0 fully saturated rings. The number of para-hydroxylation sites is 1. The van der Waals surface area contributed by atoms with Gasteiger partial charge in [0.15, 0.2) is 0 Å². The summed E-state index contributed by atoms with van der Waals surface area (Å²) in [6.45, 7) is 0. The lowest BCUT2D eigenvalue weighted by Crippen LogP contribution is -2.12. The molecule has 1 heteroatoms.